The van der Waals surface area contributed by atoms with Crippen LogP contribution in [0.25, 0.3) is 0 Å². The zero-order valence-corrected chi connectivity index (χ0v) is 18.1. The summed E-state index contributed by atoms with van der Waals surface area (Å²) in [4.78, 5) is 26.5. The largest absolute Gasteiger partial charge is 0.360 e. The Labute approximate surface area is 170 Å². The van der Waals surface area contributed by atoms with Gasteiger partial charge in [-0.3, -0.25) is 9.59 Å². The molecule has 160 valence electrons. The first-order chi connectivity index (χ1) is 13.6. The minimum atomic E-state index is -0.232. The Morgan fingerprint density at radius 3 is 2.14 bits per heavy atom. The van der Waals surface area contributed by atoms with Gasteiger partial charge in [0, 0.05) is 19.0 Å². The number of nitrogens with zero attached hydrogens (tertiary/aromatic N) is 2. The molecule has 2 amide bonds. The highest BCUT2D eigenvalue weighted by molar-refractivity contribution is 5.93. The molecule has 1 aromatic rings. The lowest BCUT2D eigenvalue weighted by molar-refractivity contribution is -0.134. The Morgan fingerprint density at radius 2 is 1.57 bits per heavy atom. The number of hydrogen-bond donors (Lipinski definition) is 1. The Balaban J connectivity index is 2.27. The highest BCUT2D eigenvalue weighted by Gasteiger charge is 2.17. The number of carbonyl (C=O) groups is 2. The number of aryl methyl sites for hydroxylation is 1. The first-order valence-electron chi connectivity index (χ1n) is 11.1. The molecule has 0 saturated heterocycles. The van der Waals surface area contributed by atoms with Crippen LogP contribution in [0, 0.1) is 6.92 Å². The molecule has 1 heterocycles. The van der Waals surface area contributed by atoms with E-state index in [2.05, 4.69) is 24.3 Å². The van der Waals surface area contributed by atoms with E-state index in [4.69, 9.17) is 4.52 Å². The Hall–Kier alpha value is -1.85. The van der Waals surface area contributed by atoms with Crippen LogP contribution in [0.2, 0.25) is 0 Å². The Morgan fingerprint density at radius 1 is 0.964 bits per heavy atom. The topological polar surface area (TPSA) is 75.4 Å². The summed E-state index contributed by atoms with van der Waals surface area (Å²) in [5.74, 6) is 0.872. The van der Waals surface area contributed by atoms with Crippen LogP contribution in [-0.2, 0) is 9.59 Å². The molecule has 0 aromatic carbocycles. The molecule has 0 aliphatic rings. The lowest BCUT2D eigenvalue weighted by atomic mass is 10.1. The monoisotopic (exact) mass is 393 g/mol. The van der Waals surface area contributed by atoms with E-state index in [-0.39, 0.29) is 18.4 Å². The third-order valence-corrected chi connectivity index (χ3v) is 4.86. The molecule has 0 fully saturated rings. The van der Waals surface area contributed by atoms with Gasteiger partial charge in [-0.2, -0.15) is 0 Å². The summed E-state index contributed by atoms with van der Waals surface area (Å²) in [5.41, 5.74) is 0. The molecule has 6 nitrogen and oxygen atoms in total. The van der Waals surface area contributed by atoms with Gasteiger partial charge in [-0.25, -0.2) is 0 Å². The van der Waals surface area contributed by atoms with Gasteiger partial charge in [0.05, 0.1) is 6.54 Å². The maximum atomic E-state index is 12.6. The fraction of sp³-hybridized carbons (Fsp3) is 0.773. The summed E-state index contributed by atoms with van der Waals surface area (Å²) >= 11 is 0. The van der Waals surface area contributed by atoms with Gasteiger partial charge in [0.2, 0.25) is 11.8 Å². The van der Waals surface area contributed by atoms with Gasteiger partial charge in [0.15, 0.2) is 5.82 Å². The molecule has 0 aliphatic carbocycles. The third kappa shape index (κ3) is 11.1. The molecule has 6 heteroatoms. The number of aromatic nitrogens is 1. The molecular weight excluding hydrogens is 354 g/mol. The van der Waals surface area contributed by atoms with Crippen LogP contribution >= 0.6 is 0 Å². The molecule has 0 bridgehead atoms. The molecule has 0 radical (unpaired) electrons. The van der Waals surface area contributed by atoms with Crippen molar-refractivity contribution in [3.05, 3.63) is 11.8 Å². The highest BCUT2D eigenvalue weighted by atomic mass is 16.5. The SMILES string of the molecule is CCCCCCCCCCCC(=O)N(CCCC)CC(=O)Nc1cc(C)on1. The van der Waals surface area contributed by atoms with Gasteiger partial charge in [-0.15, -0.1) is 0 Å². The highest BCUT2D eigenvalue weighted by Crippen LogP contribution is 2.12. The summed E-state index contributed by atoms with van der Waals surface area (Å²) in [5, 5.41) is 6.45. The number of nitrogens with one attached hydrogen (secondary N) is 1. The van der Waals surface area contributed by atoms with Crippen molar-refractivity contribution in [1.29, 1.82) is 0 Å². The van der Waals surface area contributed by atoms with Crippen LogP contribution in [0.1, 0.15) is 96.7 Å². The number of unbranched alkanes of at least 4 members (excludes halogenated alkanes) is 9. The fourth-order valence-corrected chi connectivity index (χ4v) is 3.17. The Kier molecular flexibility index (Phi) is 13.1. The van der Waals surface area contributed by atoms with Crippen molar-refractivity contribution in [2.45, 2.75) is 97.8 Å². The Bertz CT molecular complexity index is 557. The van der Waals surface area contributed by atoms with Gasteiger partial charge in [0.1, 0.15) is 5.76 Å². The third-order valence-electron chi connectivity index (χ3n) is 4.86. The molecule has 1 N–H and O–H groups in total. The van der Waals surface area contributed by atoms with Crippen LogP contribution in [-0.4, -0.2) is 35.0 Å². The minimum absolute atomic E-state index is 0.0716. The van der Waals surface area contributed by atoms with Crippen LogP contribution in [0.3, 0.4) is 0 Å². The van der Waals surface area contributed by atoms with E-state index in [1.807, 2.05) is 0 Å². The van der Waals surface area contributed by atoms with E-state index in [0.717, 1.165) is 25.7 Å². The lowest BCUT2D eigenvalue weighted by Gasteiger charge is -2.22. The van der Waals surface area contributed by atoms with Crippen LogP contribution < -0.4 is 5.32 Å². The number of rotatable bonds is 16. The second-order valence-corrected chi connectivity index (χ2v) is 7.62. The second-order valence-electron chi connectivity index (χ2n) is 7.62. The van der Waals surface area contributed by atoms with Crippen LogP contribution in [0.5, 0.6) is 0 Å². The predicted octanol–water partition coefficient (Wildman–Crippen LogP) is 5.47. The lowest BCUT2D eigenvalue weighted by Crippen LogP contribution is -2.38. The van der Waals surface area contributed by atoms with Crippen molar-refractivity contribution >= 4 is 17.6 Å². The minimum Gasteiger partial charge on any atom is -0.360 e. The van der Waals surface area contributed by atoms with Gasteiger partial charge >= 0.3 is 0 Å². The molecule has 0 saturated carbocycles. The number of carbonyl (C=O) groups excluding carboxylic acids is 2. The van der Waals surface area contributed by atoms with Crippen molar-refractivity contribution in [2.75, 3.05) is 18.4 Å². The van der Waals surface area contributed by atoms with Crippen molar-refractivity contribution < 1.29 is 14.1 Å². The number of anilines is 1. The van der Waals surface area contributed by atoms with Gasteiger partial charge < -0.3 is 14.7 Å². The van der Waals surface area contributed by atoms with Crippen molar-refractivity contribution in [3.63, 3.8) is 0 Å². The van der Waals surface area contributed by atoms with E-state index >= 15 is 0 Å². The summed E-state index contributed by atoms with van der Waals surface area (Å²) < 4.78 is 4.95. The van der Waals surface area contributed by atoms with Gasteiger partial charge in [0.25, 0.3) is 0 Å². The van der Waals surface area contributed by atoms with Crippen LogP contribution in [0.15, 0.2) is 10.6 Å². The molecule has 28 heavy (non-hydrogen) atoms. The van der Waals surface area contributed by atoms with Crippen molar-refractivity contribution in [1.82, 2.24) is 10.1 Å². The molecule has 0 unspecified atom stereocenters. The predicted molar refractivity (Wildman–Crippen MR) is 113 cm³/mol. The van der Waals surface area contributed by atoms with Crippen molar-refractivity contribution in [3.8, 4) is 0 Å². The van der Waals surface area contributed by atoms with E-state index in [1.54, 1.807) is 17.9 Å². The van der Waals surface area contributed by atoms with Crippen LogP contribution in [0.4, 0.5) is 5.82 Å². The zero-order chi connectivity index (χ0) is 20.6. The van der Waals surface area contributed by atoms with E-state index < -0.39 is 0 Å². The molecule has 0 atom stereocenters. The average molecular weight is 394 g/mol. The number of hydrogen-bond acceptors (Lipinski definition) is 4. The summed E-state index contributed by atoms with van der Waals surface area (Å²) in [6, 6.07) is 1.67. The smallest absolute Gasteiger partial charge is 0.245 e. The number of amides is 2. The standard InChI is InChI=1S/C22H39N3O3/c1-4-6-8-9-10-11-12-13-14-15-22(27)25(16-7-5-2)18-21(26)23-20-17-19(3)28-24-20/h17H,4-16,18H2,1-3H3,(H,23,24,26). The maximum Gasteiger partial charge on any atom is 0.245 e. The molecule has 1 rings (SSSR count). The normalized spacial score (nSPS) is 10.8. The van der Waals surface area contributed by atoms with E-state index in [1.165, 1.54) is 44.9 Å². The zero-order valence-electron chi connectivity index (χ0n) is 18.1. The van der Waals surface area contributed by atoms with Crippen molar-refractivity contribution in [2.24, 2.45) is 0 Å². The fourth-order valence-electron chi connectivity index (χ4n) is 3.17. The van der Waals surface area contributed by atoms with E-state index in [0.29, 0.717) is 24.5 Å². The van der Waals surface area contributed by atoms with E-state index in [9.17, 15) is 9.59 Å². The second kappa shape index (κ2) is 15.1. The van der Waals surface area contributed by atoms with Gasteiger partial charge in [-0.1, -0.05) is 76.8 Å². The molecule has 0 spiro atoms. The average Bonchev–Trinajstić information content (AvgIpc) is 3.08. The molecule has 1 aromatic heterocycles. The van der Waals surface area contributed by atoms with Gasteiger partial charge in [-0.05, 0) is 19.8 Å². The maximum absolute atomic E-state index is 12.6. The first-order valence-corrected chi connectivity index (χ1v) is 11.1. The summed E-state index contributed by atoms with van der Waals surface area (Å²) in [7, 11) is 0. The molecule has 0 aliphatic heterocycles. The first kappa shape index (κ1) is 24.2. The quantitative estimate of drug-likeness (QED) is 0.378. The summed E-state index contributed by atoms with van der Waals surface area (Å²) in [6.07, 6.45) is 13.5. The summed E-state index contributed by atoms with van der Waals surface area (Å²) in [6.45, 7) is 6.78. The molecular formula is C22H39N3O3.